The Kier molecular flexibility index (Phi) is 11.9. The van der Waals surface area contributed by atoms with E-state index in [0.717, 1.165) is 66.9 Å². The minimum absolute atomic E-state index is 0. The van der Waals surface area contributed by atoms with Crippen molar-refractivity contribution in [3.8, 4) is 39.5 Å². The van der Waals surface area contributed by atoms with Gasteiger partial charge in [0.05, 0.1) is 16.9 Å². The molecule has 309 valence electrons. The number of nitrogens with zero attached hydrogens (tertiary/aromatic N) is 4. The summed E-state index contributed by atoms with van der Waals surface area (Å²) in [5.74, 6) is 0.981. The molecule has 0 aliphatic rings. The Labute approximate surface area is 376 Å². The third kappa shape index (κ3) is 9.24. The number of rotatable bonds is 6. The van der Waals surface area contributed by atoms with E-state index in [2.05, 4.69) is 152 Å². The maximum absolute atomic E-state index is 8.57. The Morgan fingerprint density at radius 3 is 2.00 bits per heavy atom. The molecule has 0 bridgehead atoms. The molecule has 4 nitrogen and oxygen atoms in total. The third-order valence-electron chi connectivity index (χ3n) is 10.9. The molecule has 3 aromatic heterocycles. The van der Waals surface area contributed by atoms with Gasteiger partial charge in [-0.1, -0.05) is 140 Å². The monoisotopic (exact) mass is 970 g/mol. The zero-order valence-corrected chi connectivity index (χ0v) is 39.2. The SMILES string of the molecule is CC(C)(C)c1ccnc(-c2[c-]cccc2)c1.[2H]C([2H])([2H])c1cccc2nc(-c3[c-]c4ccc(C)nc4c(C(C)(C)C)c3)n(-c3c(C(C)C)cc(-c4ccccc4)cc3C(C)C)c12.[Ir]. The second-order valence-corrected chi connectivity index (χ2v) is 18.3. The Hall–Kier alpha value is -5.22. The average Bonchev–Trinajstić information content (AvgIpc) is 3.62. The van der Waals surface area contributed by atoms with Crippen molar-refractivity contribution < 1.29 is 24.2 Å². The molecule has 3 heterocycles. The topological polar surface area (TPSA) is 43.6 Å². The number of hydrogen-bond acceptors (Lipinski definition) is 3. The first-order valence-electron chi connectivity index (χ1n) is 22.3. The maximum Gasteiger partial charge on any atom is 0.0800 e. The molecular formula is C55H58IrN4-2. The van der Waals surface area contributed by atoms with Gasteiger partial charge in [0.1, 0.15) is 0 Å². The van der Waals surface area contributed by atoms with E-state index >= 15 is 0 Å². The summed E-state index contributed by atoms with van der Waals surface area (Å²) in [5.41, 5.74) is 14.2. The second-order valence-electron chi connectivity index (χ2n) is 18.3. The molecule has 0 amide bonds. The van der Waals surface area contributed by atoms with Crippen molar-refractivity contribution in [3.63, 3.8) is 0 Å². The van der Waals surface area contributed by atoms with Gasteiger partial charge >= 0.3 is 0 Å². The van der Waals surface area contributed by atoms with Crippen molar-refractivity contribution in [1.29, 1.82) is 0 Å². The molecule has 5 aromatic carbocycles. The van der Waals surface area contributed by atoms with Crippen LogP contribution in [0.1, 0.15) is 119 Å². The molecule has 5 heteroatoms. The number of hydrogen-bond donors (Lipinski definition) is 0. The van der Waals surface area contributed by atoms with Crippen LogP contribution in [-0.4, -0.2) is 19.5 Å². The molecule has 1 radical (unpaired) electrons. The fourth-order valence-corrected chi connectivity index (χ4v) is 7.69. The standard InChI is InChI=1S/C40H42N3.C15H16N.Ir/c1-24(2)32-21-30(28-15-11-10-12-16-28)22-33(25(3)4)38(32)43-37-26(5)14-13-17-35(37)42-39(43)31-20-29-19-18-27(6)41-36(29)34(23-31)40(7,8)9;1-15(2,3)13-9-10-16-14(11-13)12-7-5-4-6-8-12;/h10-19,21-25H,1-9H3;4-7,9-11H,1-3H3;/q2*-1;/i5D3;;. The number of pyridine rings is 2. The van der Waals surface area contributed by atoms with E-state index in [-0.39, 0.29) is 48.3 Å². The molecule has 8 rings (SSSR count). The molecule has 0 aliphatic carbocycles. The Balaban J connectivity index is 0.000000327. The first-order valence-corrected chi connectivity index (χ1v) is 20.8. The van der Waals surface area contributed by atoms with Gasteiger partial charge in [-0.3, -0.25) is 9.97 Å². The van der Waals surface area contributed by atoms with E-state index in [1.54, 1.807) is 12.1 Å². The zero-order chi connectivity index (χ0) is 44.7. The summed E-state index contributed by atoms with van der Waals surface area (Å²) < 4.78 is 27.8. The van der Waals surface area contributed by atoms with Crippen LogP contribution in [0.3, 0.4) is 0 Å². The molecule has 0 saturated heterocycles. The minimum Gasteiger partial charge on any atom is -0.324 e. The summed E-state index contributed by atoms with van der Waals surface area (Å²) in [5, 5.41) is 0.912. The number of aryl methyl sites for hydroxylation is 2. The summed E-state index contributed by atoms with van der Waals surface area (Å²) in [6, 6.07) is 45.7. The van der Waals surface area contributed by atoms with Gasteiger partial charge < -0.3 is 9.55 Å². The van der Waals surface area contributed by atoms with E-state index in [1.807, 2.05) is 55.6 Å². The average molecular weight is 970 g/mol. The van der Waals surface area contributed by atoms with E-state index < -0.39 is 6.85 Å². The molecule has 0 atom stereocenters. The van der Waals surface area contributed by atoms with Gasteiger partial charge in [0, 0.05) is 47.3 Å². The largest absolute Gasteiger partial charge is 0.324 e. The molecule has 0 saturated carbocycles. The normalized spacial score (nSPS) is 12.8. The van der Waals surface area contributed by atoms with E-state index in [0.29, 0.717) is 16.9 Å². The number of benzene rings is 5. The van der Waals surface area contributed by atoms with Crippen molar-refractivity contribution in [2.75, 3.05) is 0 Å². The van der Waals surface area contributed by atoms with Gasteiger partial charge in [0.15, 0.2) is 0 Å². The van der Waals surface area contributed by atoms with Crippen molar-refractivity contribution in [1.82, 2.24) is 19.5 Å². The first-order chi connectivity index (χ1) is 29.2. The number of fused-ring (bicyclic) bond motifs is 2. The van der Waals surface area contributed by atoms with E-state index in [4.69, 9.17) is 14.1 Å². The van der Waals surface area contributed by atoms with Crippen LogP contribution in [0, 0.1) is 25.9 Å². The fraction of sp³-hybridized carbons (Fsp3) is 0.291. The summed E-state index contributed by atoms with van der Waals surface area (Å²) in [6.45, 7) is 21.7. The van der Waals surface area contributed by atoms with Crippen LogP contribution in [0.25, 0.3) is 61.4 Å². The van der Waals surface area contributed by atoms with Gasteiger partial charge in [0.25, 0.3) is 0 Å². The van der Waals surface area contributed by atoms with Crippen molar-refractivity contribution in [3.05, 3.63) is 167 Å². The van der Waals surface area contributed by atoms with E-state index in [1.165, 1.54) is 5.56 Å². The molecule has 0 aliphatic heterocycles. The first kappa shape index (κ1) is 40.2. The summed E-state index contributed by atoms with van der Waals surface area (Å²) in [4.78, 5) is 14.5. The maximum atomic E-state index is 8.57. The Morgan fingerprint density at radius 1 is 0.683 bits per heavy atom. The zero-order valence-electron chi connectivity index (χ0n) is 39.8. The predicted octanol–water partition coefficient (Wildman–Crippen LogP) is 14.7. The molecule has 0 fully saturated rings. The third-order valence-corrected chi connectivity index (χ3v) is 10.9. The molecular weight excluding hydrogens is 909 g/mol. The van der Waals surface area contributed by atoms with Crippen LogP contribution in [0.4, 0.5) is 0 Å². The van der Waals surface area contributed by atoms with Gasteiger partial charge in [-0.25, -0.2) is 0 Å². The minimum atomic E-state index is -2.33. The van der Waals surface area contributed by atoms with Crippen LogP contribution < -0.4 is 0 Å². The van der Waals surface area contributed by atoms with Crippen LogP contribution in [0.15, 0.2) is 121 Å². The van der Waals surface area contributed by atoms with Gasteiger partial charge in [0.2, 0.25) is 0 Å². The van der Waals surface area contributed by atoms with Crippen molar-refractivity contribution in [2.45, 2.75) is 106 Å². The number of aromatic nitrogens is 4. The molecule has 0 spiro atoms. The number of para-hydroxylation sites is 1. The van der Waals surface area contributed by atoms with Crippen LogP contribution in [-0.2, 0) is 30.9 Å². The van der Waals surface area contributed by atoms with Gasteiger partial charge in [-0.15, -0.1) is 54.1 Å². The molecule has 0 unspecified atom stereocenters. The Morgan fingerprint density at radius 2 is 1.38 bits per heavy atom. The second kappa shape index (κ2) is 17.8. The van der Waals surface area contributed by atoms with Crippen LogP contribution >= 0.6 is 0 Å². The van der Waals surface area contributed by atoms with Crippen molar-refractivity contribution in [2.24, 2.45) is 0 Å². The molecule has 0 N–H and O–H groups in total. The van der Waals surface area contributed by atoms with E-state index in [9.17, 15) is 0 Å². The quantitative estimate of drug-likeness (QED) is 0.156. The van der Waals surface area contributed by atoms with Crippen LogP contribution in [0.2, 0.25) is 0 Å². The molecule has 60 heavy (non-hydrogen) atoms. The fourth-order valence-electron chi connectivity index (χ4n) is 7.69. The van der Waals surface area contributed by atoms with Crippen molar-refractivity contribution >= 4 is 21.9 Å². The summed E-state index contributed by atoms with van der Waals surface area (Å²) in [7, 11) is 0. The summed E-state index contributed by atoms with van der Waals surface area (Å²) in [6.07, 6.45) is 1.87. The summed E-state index contributed by atoms with van der Waals surface area (Å²) >= 11 is 0. The molecule has 8 aromatic rings. The van der Waals surface area contributed by atoms with Gasteiger partial charge in [-0.05, 0) is 99.8 Å². The number of imidazole rings is 1. The van der Waals surface area contributed by atoms with Gasteiger partial charge in [-0.2, -0.15) is 0 Å². The smallest absolute Gasteiger partial charge is 0.0800 e. The predicted molar refractivity (Wildman–Crippen MR) is 250 cm³/mol. The van der Waals surface area contributed by atoms with Crippen LogP contribution in [0.5, 0.6) is 0 Å². The Bertz CT molecular complexity index is 2840.